The molecule has 1 atom stereocenters. The largest absolute Gasteiger partial charge is 0.489 e. The molecule has 2 aromatic carbocycles. The number of ether oxygens (including phenoxy) is 1. The molecule has 9 heteroatoms. The Morgan fingerprint density at radius 2 is 1.85 bits per heavy atom. The number of rotatable bonds is 9. The summed E-state index contributed by atoms with van der Waals surface area (Å²) >= 11 is 5.92. The number of hydrogen-bond donors (Lipinski definition) is 5. The first kappa shape index (κ1) is 23.7. The lowest BCUT2D eigenvalue weighted by Crippen LogP contribution is -2.49. The van der Waals surface area contributed by atoms with Gasteiger partial charge in [0.2, 0.25) is 0 Å². The van der Waals surface area contributed by atoms with Crippen LogP contribution >= 0.6 is 11.6 Å². The Morgan fingerprint density at radius 3 is 2.52 bits per heavy atom. The summed E-state index contributed by atoms with van der Waals surface area (Å²) in [6, 6.07) is 10.6. The van der Waals surface area contributed by atoms with Crippen LogP contribution in [0.2, 0.25) is 5.02 Å². The van der Waals surface area contributed by atoms with Crippen LogP contribution in [-0.2, 0) is 18.5 Å². The van der Waals surface area contributed by atoms with Crippen molar-refractivity contribution < 1.29 is 25.2 Å². The second-order valence-electron chi connectivity index (χ2n) is 8.34. The van der Waals surface area contributed by atoms with Gasteiger partial charge in [-0.05, 0) is 48.2 Å². The van der Waals surface area contributed by atoms with E-state index in [0.717, 1.165) is 11.1 Å². The van der Waals surface area contributed by atoms with Crippen LogP contribution in [0.15, 0.2) is 47.4 Å². The normalized spacial score (nSPS) is 15.4. The van der Waals surface area contributed by atoms with Crippen LogP contribution in [0.4, 0.5) is 0 Å². The van der Waals surface area contributed by atoms with Crippen LogP contribution in [0.3, 0.4) is 0 Å². The zero-order valence-electron chi connectivity index (χ0n) is 18.0. The number of halogens is 1. The number of aryl methyl sites for hydroxylation is 1. The molecule has 1 unspecified atom stereocenters. The molecule has 4 rings (SSSR count). The summed E-state index contributed by atoms with van der Waals surface area (Å²) < 4.78 is 7.49. The molecule has 1 aliphatic heterocycles. The number of nitrogens with one attached hydrogen (secondary N) is 1. The first-order valence-corrected chi connectivity index (χ1v) is 11.1. The van der Waals surface area contributed by atoms with Gasteiger partial charge in [0.05, 0.1) is 29.7 Å². The van der Waals surface area contributed by atoms with E-state index >= 15 is 0 Å². The van der Waals surface area contributed by atoms with Gasteiger partial charge in [0, 0.05) is 24.4 Å². The molecule has 1 aromatic heterocycles. The van der Waals surface area contributed by atoms with Crippen molar-refractivity contribution in [3.8, 4) is 5.75 Å². The number of benzene rings is 2. The quantitative estimate of drug-likeness (QED) is 0.297. The Bertz CT molecular complexity index is 1190. The van der Waals surface area contributed by atoms with Crippen molar-refractivity contribution in [2.24, 2.45) is 0 Å². The maximum absolute atomic E-state index is 13.4. The molecule has 1 aliphatic rings. The third-order valence-electron chi connectivity index (χ3n) is 6.08. The standard InChI is InChI=1S/C24H27ClN2O6/c25-17-5-3-15(4-6-17)10-26-23(32)19-11-27-21-18(22(19)31)8-16(2-1-7-28)9-20(21)33-14-24(27,12-29)13-30/h3-6,8-9,11,23,26,28-30,32H,1-2,7,10,12-14H2. The molecular formula is C24H27ClN2O6. The molecule has 176 valence electrons. The summed E-state index contributed by atoms with van der Waals surface area (Å²) in [5, 5.41) is 44.1. The summed E-state index contributed by atoms with van der Waals surface area (Å²) in [4.78, 5) is 13.4. The molecule has 0 saturated carbocycles. The Balaban J connectivity index is 1.80. The number of aliphatic hydroxyl groups is 4. The van der Waals surface area contributed by atoms with Gasteiger partial charge >= 0.3 is 0 Å². The highest BCUT2D eigenvalue weighted by Gasteiger charge is 2.38. The minimum Gasteiger partial charge on any atom is -0.489 e. The third kappa shape index (κ3) is 4.50. The van der Waals surface area contributed by atoms with Crippen molar-refractivity contribution in [2.45, 2.75) is 31.2 Å². The SMILES string of the molecule is O=c1c(C(O)NCc2ccc(Cl)cc2)cn2c3c(cc(CCCO)cc13)OCC2(CO)CO. The van der Waals surface area contributed by atoms with E-state index in [2.05, 4.69) is 5.32 Å². The van der Waals surface area contributed by atoms with Crippen LogP contribution in [0.25, 0.3) is 10.9 Å². The molecular weight excluding hydrogens is 448 g/mol. The minimum atomic E-state index is -1.29. The zero-order valence-corrected chi connectivity index (χ0v) is 18.8. The highest BCUT2D eigenvalue weighted by atomic mass is 35.5. The Kier molecular flexibility index (Phi) is 7.04. The summed E-state index contributed by atoms with van der Waals surface area (Å²) in [5.41, 5.74) is 0.681. The fraction of sp³-hybridized carbons (Fsp3) is 0.375. The summed E-state index contributed by atoms with van der Waals surface area (Å²) in [7, 11) is 0. The zero-order chi connectivity index (χ0) is 23.6. The first-order valence-electron chi connectivity index (χ1n) is 10.8. The van der Waals surface area contributed by atoms with Crippen LogP contribution in [0.1, 0.15) is 29.3 Å². The fourth-order valence-corrected chi connectivity index (χ4v) is 4.24. The molecule has 5 N–H and O–H groups in total. The van der Waals surface area contributed by atoms with Crippen molar-refractivity contribution in [3.63, 3.8) is 0 Å². The molecule has 0 spiro atoms. The Morgan fingerprint density at radius 1 is 1.12 bits per heavy atom. The second kappa shape index (κ2) is 9.80. The first-order chi connectivity index (χ1) is 15.9. The topological polar surface area (TPSA) is 124 Å². The van der Waals surface area contributed by atoms with Gasteiger partial charge in [0.25, 0.3) is 0 Å². The lowest BCUT2D eigenvalue weighted by molar-refractivity contribution is 0.0176. The van der Waals surface area contributed by atoms with E-state index in [-0.39, 0.29) is 24.2 Å². The lowest BCUT2D eigenvalue weighted by Gasteiger charge is -2.38. The third-order valence-corrected chi connectivity index (χ3v) is 6.33. The van der Waals surface area contributed by atoms with E-state index in [1.807, 2.05) is 18.2 Å². The van der Waals surface area contributed by atoms with E-state index in [1.165, 1.54) is 6.20 Å². The minimum absolute atomic E-state index is 0.00215. The Labute approximate surface area is 195 Å². The van der Waals surface area contributed by atoms with E-state index in [0.29, 0.717) is 41.1 Å². The fourth-order valence-electron chi connectivity index (χ4n) is 4.11. The molecule has 0 aliphatic carbocycles. The van der Waals surface area contributed by atoms with E-state index < -0.39 is 25.0 Å². The summed E-state index contributed by atoms with van der Waals surface area (Å²) in [6.45, 7) is -0.514. The molecule has 2 heterocycles. The molecule has 33 heavy (non-hydrogen) atoms. The van der Waals surface area contributed by atoms with Gasteiger partial charge in [-0.25, -0.2) is 0 Å². The van der Waals surface area contributed by atoms with Crippen molar-refractivity contribution in [2.75, 3.05) is 26.4 Å². The van der Waals surface area contributed by atoms with Crippen LogP contribution in [0.5, 0.6) is 5.75 Å². The summed E-state index contributed by atoms with van der Waals surface area (Å²) in [6.07, 6.45) is 1.27. The van der Waals surface area contributed by atoms with Gasteiger partial charge in [-0.3, -0.25) is 10.1 Å². The molecule has 0 radical (unpaired) electrons. The van der Waals surface area contributed by atoms with Gasteiger partial charge < -0.3 is 29.7 Å². The van der Waals surface area contributed by atoms with Gasteiger partial charge in [0.1, 0.15) is 24.1 Å². The van der Waals surface area contributed by atoms with Crippen LogP contribution in [-0.4, -0.2) is 51.4 Å². The van der Waals surface area contributed by atoms with Gasteiger partial charge in [-0.2, -0.15) is 0 Å². The number of aromatic nitrogens is 1. The van der Waals surface area contributed by atoms with Gasteiger partial charge in [0.15, 0.2) is 5.43 Å². The van der Waals surface area contributed by atoms with Crippen molar-refractivity contribution in [3.05, 3.63) is 74.5 Å². The number of hydrogen-bond acceptors (Lipinski definition) is 7. The van der Waals surface area contributed by atoms with Crippen molar-refractivity contribution in [1.29, 1.82) is 0 Å². The van der Waals surface area contributed by atoms with E-state index in [4.69, 9.17) is 16.3 Å². The van der Waals surface area contributed by atoms with Crippen LogP contribution in [0, 0.1) is 0 Å². The van der Waals surface area contributed by atoms with E-state index in [1.54, 1.807) is 22.8 Å². The molecule has 0 saturated heterocycles. The van der Waals surface area contributed by atoms with Crippen LogP contribution < -0.4 is 15.5 Å². The molecule has 3 aromatic rings. The average molecular weight is 475 g/mol. The predicted molar refractivity (Wildman–Crippen MR) is 125 cm³/mol. The summed E-state index contributed by atoms with van der Waals surface area (Å²) in [5.74, 6) is 0.463. The number of aliphatic hydroxyl groups excluding tert-OH is 4. The van der Waals surface area contributed by atoms with Crippen molar-refractivity contribution >= 4 is 22.5 Å². The second-order valence-corrected chi connectivity index (χ2v) is 8.78. The predicted octanol–water partition coefficient (Wildman–Crippen LogP) is 1.43. The monoisotopic (exact) mass is 474 g/mol. The maximum atomic E-state index is 13.4. The smallest absolute Gasteiger partial charge is 0.196 e. The molecule has 0 fully saturated rings. The van der Waals surface area contributed by atoms with Crippen molar-refractivity contribution in [1.82, 2.24) is 9.88 Å². The molecule has 0 bridgehead atoms. The van der Waals surface area contributed by atoms with E-state index in [9.17, 15) is 25.2 Å². The number of nitrogens with zero attached hydrogens (tertiary/aromatic N) is 1. The highest BCUT2D eigenvalue weighted by molar-refractivity contribution is 6.30. The maximum Gasteiger partial charge on any atom is 0.196 e. The number of pyridine rings is 1. The van der Waals surface area contributed by atoms with Gasteiger partial charge in [-0.1, -0.05) is 23.7 Å². The lowest BCUT2D eigenvalue weighted by atomic mass is 9.96. The van der Waals surface area contributed by atoms with Gasteiger partial charge in [-0.15, -0.1) is 0 Å². The molecule has 8 nitrogen and oxygen atoms in total. The highest BCUT2D eigenvalue weighted by Crippen LogP contribution is 2.36. The average Bonchev–Trinajstić information content (AvgIpc) is 2.84. The Hall–Kier alpha value is -2.46. The molecule has 0 amide bonds.